The van der Waals surface area contributed by atoms with Gasteiger partial charge in [0.15, 0.2) is 0 Å². The van der Waals surface area contributed by atoms with E-state index >= 15 is 0 Å². The lowest BCUT2D eigenvalue weighted by molar-refractivity contribution is 1.43. The molecule has 0 saturated carbocycles. The summed E-state index contributed by atoms with van der Waals surface area (Å²) in [6.07, 6.45) is 3.73. The van der Waals surface area contributed by atoms with Crippen molar-refractivity contribution in [2.75, 3.05) is 0 Å². The second-order valence-electron chi connectivity index (χ2n) is 4.82. The Labute approximate surface area is 142 Å². The van der Waals surface area contributed by atoms with Crippen molar-refractivity contribution >= 4 is 65.5 Å². The zero-order valence-electron chi connectivity index (χ0n) is 11.1. The molecule has 106 valence electrons. The number of hydrogen-bond acceptors (Lipinski definition) is 6. The van der Waals surface area contributed by atoms with Crippen LogP contribution in [0.5, 0.6) is 0 Å². The molecular weight excluding hydrogens is 348 g/mol. The zero-order valence-corrected chi connectivity index (χ0v) is 14.4. The first-order chi connectivity index (χ1) is 10.9. The van der Waals surface area contributed by atoms with E-state index in [1.165, 1.54) is 29.9 Å². The molecule has 0 saturated heterocycles. The van der Waals surface area contributed by atoms with Gasteiger partial charge in [-0.15, -0.1) is 45.3 Å². The third-order valence-corrected chi connectivity index (χ3v) is 7.52. The standard InChI is InChI=1S/C16H8N2S4/c1-3-19-15(17-1)13-7-9-5-12-10(6-11(9)21-13)8-14(22-12)16-18-2-4-20-16/h1-8H. The molecule has 0 aliphatic heterocycles. The van der Waals surface area contributed by atoms with Crippen LogP contribution in [-0.4, -0.2) is 9.97 Å². The van der Waals surface area contributed by atoms with Gasteiger partial charge in [-0.1, -0.05) is 0 Å². The summed E-state index contributed by atoms with van der Waals surface area (Å²) in [5, 5.41) is 8.86. The van der Waals surface area contributed by atoms with Crippen molar-refractivity contribution in [1.82, 2.24) is 9.97 Å². The Hall–Kier alpha value is -1.60. The van der Waals surface area contributed by atoms with E-state index in [0.29, 0.717) is 0 Å². The fourth-order valence-electron chi connectivity index (χ4n) is 2.47. The summed E-state index contributed by atoms with van der Waals surface area (Å²) in [6, 6.07) is 9.09. The van der Waals surface area contributed by atoms with Crippen LogP contribution in [0.4, 0.5) is 0 Å². The Balaban J connectivity index is 1.69. The Morgan fingerprint density at radius 2 is 1.14 bits per heavy atom. The molecule has 2 nitrogen and oxygen atoms in total. The summed E-state index contributed by atoms with van der Waals surface area (Å²) in [5.74, 6) is 0. The number of nitrogens with zero attached hydrogens (tertiary/aromatic N) is 2. The van der Waals surface area contributed by atoms with E-state index in [1.54, 1.807) is 22.7 Å². The topological polar surface area (TPSA) is 25.8 Å². The molecule has 0 spiro atoms. The SMILES string of the molecule is c1csc(-c2cc3cc4sc(-c5nccs5)cc4cc3s2)n1. The summed E-state index contributed by atoms with van der Waals surface area (Å²) in [7, 11) is 0. The molecule has 0 aliphatic rings. The van der Waals surface area contributed by atoms with Crippen LogP contribution >= 0.6 is 45.3 Å². The van der Waals surface area contributed by atoms with Gasteiger partial charge in [0.05, 0.1) is 9.75 Å². The lowest BCUT2D eigenvalue weighted by Gasteiger charge is -1.89. The zero-order chi connectivity index (χ0) is 14.5. The van der Waals surface area contributed by atoms with Gasteiger partial charge in [-0.05, 0) is 35.0 Å². The van der Waals surface area contributed by atoms with Gasteiger partial charge in [-0.3, -0.25) is 0 Å². The summed E-state index contributed by atoms with van der Waals surface area (Å²) >= 11 is 7.02. The third-order valence-electron chi connectivity index (χ3n) is 3.44. The first kappa shape index (κ1) is 12.9. The van der Waals surface area contributed by atoms with E-state index < -0.39 is 0 Å². The molecule has 1 aromatic carbocycles. The van der Waals surface area contributed by atoms with E-state index in [1.807, 2.05) is 45.8 Å². The number of aromatic nitrogens is 2. The van der Waals surface area contributed by atoms with Gasteiger partial charge in [0.2, 0.25) is 0 Å². The van der Waals surface area contributed by atoms with Gasteiger partial charge < -0.3 is 0 Å². The largest absolute Gasteiger partial charge is 0.244 e. The van der Waals surface area contributed by atoms with E-state index in [2.05, 4.69) is 34.2 Å². The molecular formula is C16H8N2S4. The maximum absolute atomic E-state index is 4.41. The minimum atomic E-state index is 1.10. The third kappa shape index (κ3) is 2.03. The second-order valence-corrected chi connectivity index (χ2v) is 8.78. The average molecular weight is 357 g/mol. The molecule has 5 rings (SSSR count). The second kappa shape index (κ2) is 4.96. The minimum Gasteiger partial charge on any atom is -0.244 e. The molecule has 0 fully saturated rings. The number of benzene rings is 1. The highest BCUT2D eigenvalue weighted by Gasteiger charge is 2.11. The molecule has 22 heavy (non-hydrogen) atoms. The monoisotopic (exact) mass is 356 g/mol. The summed E-state index contributed by atoms with van der Waals surface area (Å²) in [4.78, 5) is 11.3. The molecule has 0 N–H and O–H groups in total. The Bertz CT molecular complexity index is 934. The summed E-state index contributed by atoms with van der Waals surface area (Å²) in [6.45, 7) is 0. The molecule has 0 amide bonds. The molecule has 6 heteroatoms. The smallest absolute Gasteiger partial charge is 0.133 e. The fourth-order valence-corrected chi connectivity index (χ4v) is 6.08. The summed E-state index contributed by atoms with van der Waals surface area (Å²) < 4.78 is 2.64. The molecule has 4 aromatic heterocycles. The Morgan fingerprint density at radius 3 is 1.55 bits per heavy atom. The van der Waals surface area contributed by atoms with Gasteiger partial charge in [-0.2, -0.15) is 0 Å². The van der Waals surface area contributed by atoms with Crippen molar-refractivity contribution < 1.29 is 0 Å². The number of thiophene rings is 2. The van der Waals surface area contributed by atoms with Gasteiger partial charge in [-0.25, -0.2) is 9.97 Å². The number of thiazole rings is 2. The predicted molar refractivity (Wildman–Crippen MR) is 99.4 cm³/mol. The van der Waals surface area contributed by atoms with Crippen molar-refractivity contribution in [2.24, 2.45) is 0 Å². The van der Waals surface area contributed by atoms with E-state index in [9.17, 15) is 0 Å². The maximum atomic E-state index is 4.41. The van der Waals surface area contributed by atoms with Crippen LogP contribution in [0.15, 0.2) is 47.4 Å². The van der Waals surface area contributed by atoms with Crippen LogP contribution < -0.4 is 0 Å². The number of hydrogen-bond donors (Lipinski definition) is 0. The minimum absolute atomic E-state index is 1.10. The lowest BCUT2D eigenvalue weighted by Crippen LogP contribution is -1.64. The molecule has 5 aromatic rings. The number of rotatable bonds is 2. The Morgan fingerprint density at radius 1 is 0.636 bits per heavy atom. The molecule has 4 heterocycles. The van der Waals surface area contributed by atoms with Crippen molar-refractivity contribution in [3.8, 4) is 19.8 Å². The molecule has 0 aliphatic carbocycles. The normalized spacial score (nSPS) is 11.6. The van der Waals surface area contributed by atoms with E-state index in [-0.39, 0.29) is 0 Å². The van der Waals surface area contributed by atoms with Crippen LogP contribution in [0.25, 0.3) is 39.9 Å². The quantitative estimate of drug-likeness (QED) is 0.367. The van der Waals surface area contributed by atoms with Crippen LogP contribution in [0.2, 0.25) is 0 Å². The van der Waals surface area contributed by atoms with E-state index in [0.717, 1.165) is 10.0 Å². The molecule has 0 bridgehead atoms. The highest BCUT2D eigenvalue weighted by molar-refractivity contribution is 7.27. The first-order valence-corrected chi connectivity index (χ1v) is 10.0. The lowest BCUT2D eigenvalue weighted by atomic mass is 10.2. The first-order valence-electron chi connectivity index (χ1n) is 6.64. The molecule has 0 unspecified atom stereocenters. The fraction of sp³-hybridized carbons (Fsp3) is 0. The molecule has 0 radical (unpaired) electrons. The predicted octanol–water partition coefficient (Wildman–Crippen LogP) is 6.36. The highest BCUT2D eigenvalue weighted by Crippen LogP contribution is 2.40. The van der Waals surface area contributed by atoms with Crippen molar-refractivity contribution in [3.63, 3.8) is 0 Å². The van der Waals surface area contributed by atoms with Gasteiger partial charge in [0.25, 0.3) is 0 Å². The van der Waals surface area contributed by atoms with Crippen molar-refractivity contribution in [1.29, 1.82) is 0 Å². The highest BCUT2D eigenvalue weighted by atomic mass is 32.1. The van der Waals surface area contributed by atoms with Gasteiger partial charge in [0.1, 0.15) is 10.0 Å². The number of fused-ring (bicyclic) bond motifs is 2. The average Bonchev–Trinajstić information content (AvgIpc) is 3.27. The van der Waals surface area contributed by atoms with Crippen LogP contribution in [-0.2, 0) is 0 Å². The van der Waals surface area contributed by atoms with Crippen molar-refractivity contribution in [2.45, 2.75) is 0 Å². The Kier molecular flexibility index (Phi) is 2.91. The molecule has 0 atom stereocenters. The van der Waals surface area contributed by atoms with Gasteiger partial charge >= 0.3 is 0 Å². The van der Waals surface area contributed by atoms with Gasteiger partial charge in [0, 0.05) is 32.6 Å². The van der Waals surface area contributed by atoms with Crippen LogP contribution in [0, 0.1) is 0 Å². The van der Waals surface area contributed by atoms with E-state index in [4.69, 9.17) is 0 Å². The maximum Gasteiger partial charge on any atom is 0.133 e. The van der Waals surface area contributed by atoms with Crippen molar-refractivity contribution in [3.05, 3.63) is 47.4 Å². The van der Waals surface area contributed by atoms with Crippen LogP contribution in [0.1, 0.15) is 0 Å². The van der Waals surface area contributed by atoms with Crippen LogP contribution in [0.3, 0.4) is 0 Å². The summed E-state index contributed by atoms with van der Waals surface area (Å²) in [5.41, 5.74) is 0.